The van der Waals surface area contributed by atoms with Crippen molar-refractivity contribution in [2.24, 2.45) is 0 Å². The molecule has 0 fully saturated rings. The minimum atomic E-state index is -3.91. The van der Waals surface area contributed by atoms with Crippen molar-refractivity contribution in [3.63, 3.8) is 0 Å². The van der Waals surface area contributed by atoms with Crippen LogP contribution in [0.3, 0.4) is 0 Å². The Kier molecular flexibility index (Phi) is 4.17. The number of aldehydes is 1. The minimum Gasteiger partial charge on any atom is -0.496 e. The molecule has 0 N–H and O–H groups in total. The second-order valence-corrected chi connectivity index (χ2v) is 8.16. The molecule has 0 atom stereocenters. The van der Waals surface area contributed by atoms with Crippen LogP contribution in [-0.4, -0.2) is 25.8 Å². The summed E-state index contributed by atoms with van der Waals surface area (Å²) in [6.45, 7) is 0. The van der Waals surface area contributed by atoms with Crippen molar-refractivity contribution in [3.8, 4) is 5.75 Å². The van der Waals surface area contributed by atoms with Crippen molar-refractivity contribution in [2.75, 3.05) is 7.11 Å². The highest BCUT2D eigenvalue weighted by molar-refractivity contribution is 7.90. The van der Waals surface area contributed by atoms with Gasteiger partial charge in [-0.3, -0.25) is 4.79 Å². The van der Waals surface area contributed by atoms with Crippen molar-refractivity contribution in [1.29, 1.82) is 0 Å². The van der Waals surface area contributed by atoms with E-state index >= 15 is 0 Å². The smallest absolute Gasteiger partial charge is 0.268 e. The second-order valence-electron chi connectivity index (χ2n) is 5.93. The summed E-state index contributed by atoms with van der Waals surface area (Å²) in [5.41, 5.74) is 1.21. The number of hydrogen-bond acceptors (Lipinski definition) is 4. The maximum Gasteiger partial charge on any atom is 0.268 e. The van der Waals surface area contributed by atoms with E-state index in [0.717, 1.165) is 0 Å². The monoisotopic (exact) mass is 399 g/mol. The minimum absolute atomic E-state index is 0.109. The first kappa shape index (κ1) is 17.6. The Morgan fingerprint density at radius 1 is 0.963 bits per heavy atom. The van der Waals surface area contributed by atoms with Gasteiger partial charge in [0.15, 0.2) is 6.29 Å². The molecular weight excluding hydrogens is 386 g/mol. The van der Waals surface area contributed by atoms with Gasteiger partial charge in [0.25, 0.3) is 10.0 Å². The lowest BCUT2D eigenvalue weighted by Gasteiger charge is -2.10. The molecule has 0 bridgehead atoms. The molecule has 5 nitrogen and oxygen atoms in total. The molecule has 0 amide bonds. The van der Waals surface area contributed by atoms with E-state index in [2.05, 4.69) is 0 Å². The van der Waals surface area contributed by atoms with Crippen LogP contribution in [0, 0.1) is 0 Å². The van der Waals surface area contributed by atoms with Crippen molar-refractivity contribution in [3.05, 3.63) is 71.2 Å². The highest BCUT2D eigenvalue weighted by atomic mass is 35.5. The van der Waals surface area contributed by atoms with Gasteiger partial charge in [-0.05, 0) is 42.5 Å². The Balaban J connectivity index is 2.18. The molecule has 3 aromatic carbocycles. The zero-order valence-electron chi connectivity index (χ0n) is 14.2. The number of benzene rings is 3. The predicted octanol–water partition coefficient (Wildman–Crippen LogP) is 4.51. The molecule has 0 radical (unpaired) electrons. The number of rotatable bonds is 4. The standard InChI is InChI=1S/C20H14ClNO4S/c1-26-19-11-10-18-20(16(19)12-23)15-4-2-3-5-17(15)22(18)27(24,25)14-8-6-13(21)7-9-14/h2-12H,1H3. The van der Waals surface area contributed by atoms with Crippen molar-refractivity contribution in [1.82, 2.24) is 3.97 Å². The maximum atomic E-state index is 13.4. The predicted molar refractivity (Wildman–Crippen MR) is 105 cm³/mol. The van der Waals surface area contributed by atoms with E-state index in [1.165, 1.54) is 35.3 Å². The number of halogens is 1. The van der Waals surface area contributed by atoms with Crippen molar-refractivity contribution < 1.29 is 17.9 Å². The summed E-state index contributed by atoms with van der Waals surface area (Å²) in [6, 6.07) is 16.3. The van der Waals surface area contributed by atoms with E-state index in [-0.39, 0.29) is 4.90 Å². The molecule has 0 saturated heterocycles. The molecule has 0 aliphatic carbocycles. The average Bonchev–Trinajstić information content (AvgIpc) is 3.02. The first-order valence-corrected chi connectivity index (χ1v) is 9.87. The van der Waals surface area contributed by atoms with Gasteiger partial charge >= 0.3 is 0 Å². The zero-order chi connectivity index (χ0) is 19.2. The lowest BCUT2D eigenvalue weighted by atomic mass is 10.1. The summed E-state index contributed by atoms with van der Waals surface area (Å²) in [4.78, 5) is 11.9. The molecule has 0 unspecified atom stereocenters. The highest BCUT2D eigenvalue weighted by Crippen LogP contribution is 2.37. The van der Waals surface area contributed by atoms with Crippen LogP contribution in [0.2, 0.25) is 5.02 Å². The topological polar surface area (TPSA) is 65.4 Å². The van der Waals surface area contributed by atoms with Crippen LogP contribution < -0.4 is 4.74 Å². The Morgan fingerprint density at radius 2 is 1.67 bits per heavy atom. The van der Waals surface area contributed by atoms with Crippen LogP contribution >= 0.6 is 11.6 Å². The first-order valence-electron chi connectivity index (χ1n) is 8.05. The third-order valence-electron chi connectivity index (χ3n) is 4.48. The van der Waals surface area contributed by atoms with Crippen molar-refractivity contribution in [2.45, 2.75) is 4.90 Å². The number of fused-ring (bicyclic) bond motifs is 3. The quantitative estimate of drug-likeness (QED) is 0.474. The molecule has 0 aliphatic heterocycles. The van der Waals surface area contributed by atoms with E-state index in [1.807, 2.05) is 0 Å². The molecule has 0 spiro atoms. The number of aromatic nitrogens is 1. The Morgan fingerprint density at radius 3 is 2.33 bits per heavy atom. The lowest BCUT2D eigenvalue weighted by molar-refractivity contribution is 0.112. The summed E-state index contributed by atoms with van der Waals surface area (Å²) in [7, 11) is -2.44. The molecule has 4 aromatic rings. The largest absolute Gasteiger partial charge is 0.496 e. The van der Waals surface area contributed by atoms with E-state index in [9.17, 15) is 13.2 Å². The second kappa shape index (κ2) is 6.40. The molecule has 0 aliphatic rings. The lowest BCUT2D eigenvalue weighted by Crippen LogP contribution is -2.12. The van der Waals surface area contributed by atoms with Gasteiger partial charge in [0, 0.05) is 15.8 Å². The molecule has 0 saturated carbocycles. The van der Waals surface area contributed by atoms with Crippen LogP contribution in [0.1, 0.15) is 10.4 Å². The third kappa shape index (κ3) is 2.60. The number of carbonyl (C=O) groups is 1. The number of hydrogen-bond donors (Lipinski definition) is 0. The average molecular weight is 400 g/mol. The Hall–Kier alpha value is -2.83. The Bertz CT molecular complexity index is 1290. The molecular formula is C20H14ClNO4S. The fraction of sp³-hybridized carbons (Fsp3) is 0.0500. The SMILES string of the molecule is COc1ccc2c(c1C=O)c1ccccc1n2S(=O)(=O)c1ccc(Cl)cc1. The summed E-state index contributed by atoms with van der Waals surface area (Å²) in [5, 5.41) is 1.65. The van der Waals surface area contributed by atoms with Crippen LogP contribution in [0.5, 0.6) is 5.75 Å². The number of nitrogens with zero attached hydrogens (tertiary/aromatic N) is 1. The summed E-state index contributed by atoms with van der Waals surface area (Å²) in [5.74, 6) is 0.393. The van der Waals surface area contributed by atoms with Gasteiger partial charge < -0.3 is 4.74 Å². The number of para-hydroxylation sites is 1. The van der Waals surface area contributed by atoms with Gasteiger partial charge in [-0.2, -0.15) is 0 Å². The normalized spacial score (nSPS) is 11.8. The van der Waals surface area contributed by atoms with Gasteiger partial charge in [0.1, 0.15) is 5.75 Å². The molecule has 7 heteroatoms. The van der Waals surface area contributed by atoms with Gasteiger partial charge in [-0.1, -0.05) is 29.8 Å². The molecule has 1 aromatic heterocycles. The summed E-state index contributed by atoms with van der Waals surface area (Å²) >= 11 is 5.90. The molecule has 27 heavy (non-hydrogen) atoms. The number of carbonyl (C=O) groups excluding carboxylic acids is 1. The highest BCUT2D eigenvalue weighted by Gasteiger charge is 2.25. The Labute approximate surface area is 160 Å². The fourth-order valence-electron chi connectivity index (χ4n) is 3.30. The first-order chi connectivity index (χ1) is 13.0. The van der Waals surface area contributed by atoms with Gasteiger partial charge in [0.05, 0.1) is 28.6 Å². The van der Waals surface area contributed by atoms with Crippen LogP contribution in [0.25, 0.3) is 21.8 Å². The summed E-state index contributed by atoms with van der Waals surface area (Å²) in [6.07, 6.45) is 0.687. The molecule has 1 heterocycles. The third-order valence-corrected chi connectivity index (χ3v) is 6.48. The molecule has 136 valence electrons. The molecule has 4 rings (SSSR count). The van der Waals surface area contributed by atoms with Crippen LogP contribution in [-0.2, 0) is 10.0 Å². The van der Waals surface area contributed by atoms with Gasteiger partial charge in [-0.15, -0.1) is 0 Å². The van der Waals surface area contributed by atoms with E-state index < -0.39 is 10.0 Å². The van der Waals surface area contributed by atoms with Gasteiger partial charge in [0.2, 0.25) is 0 Å². The van der Waals surface area contributed by atoms with Crippen LogP contribution in [0.4, 0.5) is 0 Å². The van der Waals surface area contributed by atoms with E-state index in [0.29, 0.717) is 44.4 Å². The van der Waals surface area contributed by atoms with Crippen LogP contribution in [0.15, 0.2) is 65.6 Å². The number of ether oxygens (including phenoxy) is 1. The van der Waals surface area contributed by atoms with E-state index in [4.69, 9.17) is 16.3 Å². The van der Waals surface area contributed by atoms with E-state index in [1.54, 1.807) is 36.4 Å². The summed E-state index contributed by atoms with van der Waals surface area (Å²) < 4.78 is 33.3. The zero-order valence-corrected chi connectivity index (χ0v) is 15.8. The number of methoxy groups -OCH3 is 1. The fourth-order valence-corrected chi connectivity index (χ4v) is 4.95. The van der Waals surface area contributed by atoms with Crippen molar-refractivity contribution >= 4 is 49.7 Å². The maximum absolute atomic E-state index is 13.4. The van der Waals surface area contributed by atoms with Gasteiger partial charge in [-0.25, -0.2) is 12.4 Å².